The smallest absolute Gasteiger partial charge is 0.255 e. The fourth-order valence-electron chi connectivity index (χ4n) is 2.89. The molecule has 3 rings (SSSR count). The van der Waals surface area contributed by atoms with Crippen molar-refractivity contribution < 1.29 is 13.9 Å². The Morgan fingerprint density at radius 1 is 1.29 bits per heavy atom. The predicted octanol–water partition coefficient (Wildman–Crippen LogP) is 3.61. The van der Waals surface area contributed by atoms with Crippen molar-refractivity contribution in [3.05, 3.63) is 40.8 Å². The maximum absolute atomic E-state index is 13.9. The predicted molar refractivity (Wildman–Crippen MR) is 120 cm³/mol. The molecule has 2 heterocycles. The number of aromatic nitrogens is 4. The number of anilines is 1. The molecule has 0 aliphatic rings. The normalized spacial score (nSPS) is 11.1. The number of carbonyl (C=O) groups is 1. The molecule has 2 aromatic heterocycles. The van der Waals surface area contributed by atoms with Crippen molar-refractivity contribution in [3.63, 3.8) is 0 Å². The zero-order chi connectivity index (χ0) is 22.2. The van der Waals surface area contributed by atoms with Gasteiger partial charge in [-0.2, -0.15) is 5.10 Å². The minimum Gasteiger partial charge on any atom is -0.380 e. The molecule has 0 fully saturated rings. The fourth-order valence-corrected chi connectivity index (χ4v) is 3.71. The van der Waals surface area contributed by atoms with E-state index in [2.05, 4.69) is 25.7 Å². The highest BCUT2D eigenvalue weighted by Crippen LogP contribution is 2.24. The van der Waals surface area contributed by atoms with Gasteiger partial charge in [0.05, 0.1) is 35.3 Å². The Hall–Kier alpha value is -2.43. The standard InChI is InChI=1S/C20H24ClFN6O2S/c1-3-30-11-9-23-17-13-12-25-28(18(13)27-20(26-17)31-4-2)10-8-24-19(29)16-14(21)6-5-7-15(16)22/h5-7,12H,3-4,8-11H2,1-2H3,(H,24,29)(H,23,26,27). The molecule has 11 heteroatoms. The van der Waals surface area contributed by atoms with Gasteiger partial charge in [-0.1, -0.05) is 36.4 Å². The number of thioether (sulfide) groups is 1. The van der Waals surface area contributed by atoms with Crippen LogP contribution in [0, 0.1) is 5.82 Å². The summed E-state index contributed by atoms with van der Waals surface area (Å²) >= 11 is 7.48. The summed E-state index contributed by atoms with van der Waals surface area (Å²) in [4.78, 5) is 21.5. The minimum absolute atomic E-state index is 0.0683. The molecule has 31 heavy (non-hydrogen) atoms. The second-order valence-electron chi connectivity index (χ2n) is 6.37. The number of fused-ring (bicyclic) bond motifs is 1. The van der Waals surface area contributed by atoms with Crippen molar-refractivity contribution in [1.29, 1.82) is 0 Å². The lowest BCUT2D eigenvalue weighted by atomic mass is 10.2. The molecule has 3 aromatic rings. The summed E-state index contributed by atoms with van der Waals surface area (Å²) in [6.07, 6.45) is 1.69. The quantitative estimate of drug-likeness (QED) is 0.253. The largest absolute Gasteiger partial charge is 0.380 e. The first-order chi connectivity index (χ1) is 15.0. The molecule has 1 amide bonds. The second-order valence-corrected chi connectivity index (χ2v) is 8.01. The van der Waals surface area contributed by atoms with Crippen LogP contribution in [0.3, 0.4) is 0 Å². The molecule has 0 aliphatic carbocycles. The highest BCUT2D eigenvalue weighted by molar-refractivity contribution is 7.99. The molecular formula is C20H24ClFN6O2S. The van der Waals surface area contributed by atoms with Crippen LogP contribution in [0.2, 0.25) is 5.02 Å². The molecule has 2 N–H and O–H groups in total. The van der Waals surface area contributed by atoms with Crippen LogP contribution in [0.1, 0.15) is 24.2 Å². The number of amides is 1. The summed E-state index contributed by atoms with van der Waals surface area (Å²) in [6, 6.07) is 4.13. The fraction of sp³-hybridized carbons (Fsp3) is 0.400. The molecule has 0 saturated heterocycles. The van der Waals surface area contributed by atoms with Crippen molar-refractivity contribution in [2.75, 3.05) is 37.4 Å². The van der Waals surface area contributed by atoms with Gasteiger partial charge in [-0.15, -0.1) is 0 Å². The van der Waals surface area contributed by atoms with Crippen LogP contribution >= 0.6 is 23.4 Å². The number of nitrogens with zero attached hydrogens (tertiary/aromatic N) is 4. The van der Waals surface area contributed by atoms with Gasteiger partial charge in [0.25, 0.3) is 5.91 Å². The monoisotopic (exact) mass is 466 g/mol. The molecule has 1 aromatic carbocycles. The first-order valence-corrected chi connectivity index (χ1v) is 11.3. The molecule has 0 radical (unpaired) electrons. The molecule has 0 spiro atoms. The van der Waals surface area contributed by atoms with E-state index in [1.807, 2.05) is 13.8 Å². The van der Waals surface area contributed by atoms with E-state index >= 15 is 0 Å². The van der Waals surface area contributed by atoms with Gasteiger partial charge in [0, 0.05) is 19.7 Å². The number of carbonyl (C=O) groups excluding carboxylic acids is 1. The van der Waals surface area contributed by atoms with Crippen molar-refractivity contribution >= 4 is 46.1 Å². The van der Waals surface area contributed by atoms with E-state index < -0.39 is 11.7 Å². The summed E-state index contributed by atoms with van der Waals surface area (Å²) in [7, 11) is 0. The lowest BCUT2D eigenvalue weighted by Crippen LogP contribution is -2.28. The van der Waals surface area contributed by atoms with Gasteiger partial charge in [0.2, 0.25) is 0 Å². The average molecular weight is 467 g/mol. The Bertz CT molecular complexity index is 1030. The first-order valence-electron chi connectivity index (χ1n) is 9.95. The highest BCUT2D eigenvalue weighted by Gasteiger charge is 2.16. The lowest BCUT2D eigenvalue weighted by molar-refractivity contribution is 0.0948. The van der Waals surface area contributed by atoms with Gasteiger partial charge in [-0.05, 0) is 24.8 Å². The van der Waals surface area contributed by atoms with E-state index in [0.717, 1.165) is 11.1 Å². The van der Waals surface area contributed by atoms with Crippen molar-refractivity contribution in [1.82, 2.24) is 25.1 Å². The molecule has 8 nitrogen and oxygen atoms in total. The van der Waals surface area contributed by atoms with Crippen LogP contribution in [0.25, 0.3) is 11.0 Å². The summed E-state index contributed by atoms with van der Waals surface area (Å²) < 4.78 is 21.0. The number of benzene rings is 1. The van der Waals surface area contributed by atoms with Gasteiger partial charge in [-0.3, -0.25) is 4.79 Å². The van der Waals surface area contributed by atoms with E-state index in [9.17, 15) is 9.18 Å². The maximum Gasteiger partial charge on any atom is 0.255 e. The third kappa shape index (κ3) is 5.84. The Morgan fingerprint density at radius 2 is 2.13 bits per heavy atom. The number of hydrogen-bond donors (Lipinski definition) is 2. The van der Waals surface area contributed by atoms with Crippen LogP contribution < -0.4 is 10.6 Å². The van der Waals surface area contributed by atoms with Crippen LogP contribution in [-0.4, -0.2) is 57.7 Å². The number of rotatable bonds is 11. The van der Waals surface area contributed by atoms with Crippen LogP contribution in [0.5, 0.6) is 0 Å². The molecule has 166 valence electrons. The molecular weight excluding hydrogens is 443 g/mol. The van der Waals surface area contributed by atoms with Gasteiger partial charge in [-0.25, -0.2) is 19.0 Å². The van der Waals surface area contributed by atoms with Gasteiger partial charge in [0.1, 0.15) is 11.6 Å². The Kier molecular flexibility index (Phi) is 8.44. The molecule has 0 aliphatic heterocycles. The Morgan fingerprint density at radius 3 is 2.87 bits per heavy atom. The minimum atomic E-state index is -0.661. The highest BCUT2D eigenvalue weighted by atomic mass is 35.5. The number of hydrogen-bond acceptors (Lipinski definition) is 7. The molecule has 0 saturated carbocycles. The van der Waals surface area contributed by atoms with Crippen molar-refractivity contribution in [2.45, 2.75) is 25.5 Å². The van der Waals surface area contributed by atoms with Crippen molar-refractivity contribution in [3.8, 4) is 0 Å². The number of ether oxygens (including phenoxy) is 1. The van der Waals surface area contributed by atoms with E-state index in [1.54, 1.807) is 10.9 Å². The van der Waals surface area contributed by atoms with Gasteiger partial charge < -0.3 is 15.4 Å². The Labute approximate surface area is 188 Å². The number of nitrogens with one attached hydrogen (secondary N) is 2. The van der Waals surface area contributed by atoms with Gasteiger partial charge >= 0.3 is 0 Å². The summed E-state index contributed by atoms with van der Waals surface area (Å²) in [5.41, 5.74) is 0.488. The molecule has 0 bridgehead atoms. The lowest BCUT2D eigenvalue weighted by Gasteiger charge is -2.10. The van der Waals surface area contributed by atoms with Gasteiger partial charge in [0.15, 0.2) is 10.8 Å². The van der Waals surface area contributed by atoms with Crippen LogP contribution in [-0.2, 0) is 11.3 Å². The first kappa shape index (κ1) is 23.2. The average Bonchev–Trinajstić information content (AvgIpc) is 3.14. The SMILES string of the molecule is CCOCCNc1nc(SCC)nc2c1cnn2CCNC(=O)c1c(F)cccc1Cl. The molecule has 0 unspecified atom stereocenters. The maximum atomic E-state index is 13.9. The van der Waals surface area contributed by atoms with Crippen molar-refractivity contribution in [2.24, 2.45) is 0 Å². The van der Waals surface area contributed by atoms with E-state index in [0.29, 0.717) is 42.9 Å². The van der Waals surface area contributed by atoms with Crippen LogP contribution in [0.4, 0.5) is 10.2 Å². The summed E-state index contributed by atoms with van der Waals surface area (Å²) in [6.45, 7) is 6.39. The van der Waals surface area contributed by atoms with Crippen LogP contribution in [0.15, 0.2) is 29.6 Å². The van der Waals surface area contributed by atoms with E-state index in [-0.39, 0.29) is 17.1 Å². The third-order valence-electron chi connectivity index (χ3n) is 4.29. The zero-order valence-corrected chi connectivity index (χ0v) is 18.9. The molecule has 0 atom stereocenters. The number of halogens is 2. The third-order valence-corrected chi connectivity index (χ3v) is 5.34. The van der Waals surface area contributed by atoms with E-state index in [1.165, 1.54) is 30.0 Å². The second kappa shape index (κ2) is 11.3. The summed E-state index contributed by atoms with van der Waals surface area (Å²) in [5.74, 6) is 0.285. The Balaban J connectivity index is 1.73. The topological polar surface area (TPSA) is 94.0 Å². The van der Waals surface area contributed by atoms with E-state index in [4.69, 9.17) is 16.3 Å². The summed E-state index contributed by atoms with van der Waals surface area (Å²) in [5, 5.41) is 11.8. The zero-order valence-electron chi connectivity index (χ0n) is 17.3.